The first-order chi connectivity index (χ1) is 9.93. The van der Waals surface area contributed by atoms with Crippen LogP contribution in [0, 0.1) is 6.92 Å². The fourth-order valence-electron chi connectivity index (χ4n) is 3.09. The number of rotatable bonds is 1. The molecule has 0 spiro atoms. The van der Waals surface area contributed by atoms with Crippen molar-refractivity contribution in [2.45, 2.75) is 19.0 Å². The molecule has 0 aliphatic carbocycles. The number of anilines is 1. The summed E-state index contributed by atoms with van der Waals surface area (Å²) in [5.41, 5.74) is 1.91. The minimum Gasteiger partial charge on any atom is -0.356 e. The Labute approximate surface area is 131 Å². The van der Waals surface area contributed by atoms with Gasteiger partial charge in [-0.05, 0) is 37.3 Å². The fraction of sp³-hybridized carbons (Fsp3) is 0.385. The van der Waals surface area contributed by atoms with Crippen LogP contribution in [0.25, 0.3) is 10.2 Å². The van der Waals surface area contributed by atoms with E-state index in [-0.39, 0.29) is 23.6 Å². The summed E-state index contributed by atoms with van der Waals surface area (Å²) < 4.78 is 24.7. The van der Waals surface area contributed by atoms with Crippen molar-refractivity contribution < 1.29 is 8.42 Å². The molecule has 3 heterocycles. The Morgan fingerprint density at radius 2 is 2.24 bits per heavy atom. The number of nitrogens with zero attached hydrogens (tertiary/aromatic N) is 2. The predicted molar refractivity (Wildman–Crippen MR) is 88.8 cm³/mol. The molecule has 2 fully saturated rings. The quantitative estimate of drug-likeness (QED) is 0.794. The van der Waals surface area contributed by atoms with Crippen molar-refractivity contribution in [3.05, 3.63) is 23.2 Å². The zero-order valence-corrected chi connectivity index (χ0v) is 13.7. The Balaban J connectivity index is 1.78. The fourth-order valence-corrected chi connectivity index (χ4v) is 6.23. The first-order valence-electron chi connectivity index (χ1n) is 6.60. The molecule has 5 nitrogen and oxygen atoms in total. The Kier molecular flexibility index (Phi) is 2.79. The number of sulfone groups is 1. The van der Waals surface area contributed by atoms with E-state index in [2.05, 4.69) is 10.3 Å². The number of hydrogen-bond acceptors (Lipinski definition) is 5. The minimum absolute atomic E-state index is 0.0959. The Morgan fingerprint density at radius 1 is 1.43 bits per heavy atom. The molecule has 0 radical (unpaired) electrons. The van der Waals surface area contributed by atoms with Gasteiger partial charge < -0.3 is 10.2 Å². The smallest absolute Gasteiger partial charge is 0.174 e. The third kappa shape index (κ3) is 2.13. The monoisotopic (exact) mass is 339 g/mol. The van der Waals surface area contributed by atoms with Crippen molar-refractivity contribution in [2.75, 3.05) is 16.4 Å². The van der Waals surface area contributed by atoms with Crippen molar-refractivity contribution in [3.63, 3.8) is 0 Å². The van der Waals surface area contributed by atoms with Crippen LogP contribution in [0.1, 0.15) is 5.01 Å². The van der Waals surface area contributed by atoms with E-state index < -0.39 is 9.84 Å². The van der Waals surface area contributed by atoms with Gasteiger partial charge in [-0.1, -0.05) is 0 Å². The SMILES string of the molecule is Cc1nc2ccc(N3C(=S)N[C@H]4CS(=O)(=O)C[C@H]43)cc2s1. The lowest BCUT2D eigenvalue weighted by atomic mass is 10.1. The van der Waals surface area contributed by atoms with Gasteiger partial charge in [-0.2, -0.15) is 0 Å². The minimum atomic E-state index is -2.98. The van der Waals surface area contributed by atoms with Gasteiger partial charge >= 0.3 is 0 Å². The van der Waals surface area contributed by atoms with Gasteiger partial charge in [-0.3, -0.25) is 0 Å². The first kappa shape index (κ1) is 13.4. The van der Waals surface area contributed by atoms with Gasteiger partial charge in [0, 0.05) is 5.69 Å². The summed E-state index contributed by atoms with van der Waals surface area (Å²) in [6.07, 6.45) is 0. The topological polar surface area (TPSA) is 62.3 Å². The standard InChI is InChI=1S/C13H13N3O2S3/c1-7-14-9-3-2-8(4-12(9)20-7)16-11-6-21(17,18)5-10(11)15-13(16)19/h2-4,10-11H,5-6H2,1H3,(H,15,19)/t10-,11+/m0/s1. The Morgan fingerprint density at radius 3 is 3.05 bits per heavy atom. The van der Waals surface area contributed by atoms with Crippen LogP contribution in [0.3, 0.4) is 0 Å². The highest BCUT2D eigenvalue weighted by atomic mass is 32.2. The van der Waals surface area contributed by atoms with E-state index in [0.29, 0.717) is 5.11 Å². The van der Waals surface area contributed by atoms with E-state index in [1.54, 1.807) is 11.3 Å². The average Bonchev–Trinajstić information content (AvgIpc) is 2.96. The zero-order chi connectivity index (χ0) is 14.8. The highest BCUT2D eigenvalue weighted by molar-refractivity contribution is 7.91. The van der Waals surface area contributed by atoms with Gasteiger partial charge in [0.25, 0.3) is 0 Å². The number of nitrogens with one attached hydrogen (secondary N) is 1. The maximum Gasteiger partial charge on any atom is 0.174 e. The van der Waals surface area contributed by atoms with Crippen LogP contribution >= 0.6 is 23.6 Å². The molecule has 110 valence electrons. The molecule has 0 amide bonds. The number of thiazole rings is 1. The number of hydrogen-bond donors (Lipinski definition) is 1. The molecule has 2 saturated heterocycles. The number of fused-ring (bicyclic) bond motifs is 2. The van der Waals surface area contributed by atoms with Crippen molar-refractivity contribution >= 4 is 54.4 Å². The number of thiocarbonyl (C=S) groups is 1. The summed E-state index contributed by atoms with van der Waals surface area (Å²) in [6.45, 7) is 1.98. The second kappa shape index (κ2) is 4.37. The number of aromatic nitrogens is 1. The van der Waals surface area contributed by atoms with E-state index in [1.807, 2.05) is 30.0 Å². The maximum atomic E-state index is 11.8. The van der Waals surface area contributed by atoms with Crippen LogP contribution < -0.4 is 10.2 Å². The van der Waals surface area contributed by atoms with Crippen LogP contribution in [0.4, 0.5) is 5.69 Å². The van der Waals surface area contributed by atoms with Gasteiger partial charge in [0.15, 0.2) is 14.9 Å². The molecule has 21 heavy (non-hydrogen) atoms. The van der Waals surface area contributed by atoms with Gasteiger partial charge in [0.2, 0.25) is 0 Å². The van der Waals surface area contributed by atoms with E-state index in [4.69, 9.17) is 12.2 Å². The summed E-state index contributed by atoms with van der Waals surface area (Å²) in [5, 5.41) is 4.77. The zero-order valence-electron chi connectivity index (χ0n) is 11.2. The summed E-state index contributed by atoms with van der Waals surface area (Å²) in [4.78, 5) is 6.39. The number of benzene rings is 1. The Bertz CT molecular complexity index is 859. The van der Waals surface area contributed by atoms with Crippen molar-refractivity contribution in [2.24, 2.45) is 0 Å². The van der Waals surface area contributed by atoms with Gasteiger partial charge in [0.1, 0.15) is 0 Å². The summed E-state index contributed by atoms with van der Waals surface area (Å²) in [7, 11) is -2.98. The highest BCUT2D eigenvalue weighted by Gasteiger charge is 2.47. The largest absolute Gasteiger partial charge is 0.356 e. The summed E-state index contributed by atoms with van der Waals surface area (Å²) in [6, 6.07) is 5.77. The Hall–Kier alpha value is -1.25. The van der Waals surface area contributed by atoms with Crippen LogP contribution in [0.15, 0.2) is 18.2 Å². The van der Waals surface area contributed by atoms with Gasteiger partial charge in [-0.15, -0.1) is 11.3 Å². The van der Waals surface area contributed by atoms with Crippen LogP contribution in [0.2, 0.25) is 0 Å². The lowest BCUT2D eigenvalue weighted by Gasteiger charge is -2.23. The van der Waals surface area contributed by atoms with Crippen LogP contribution in [0.5, 0.6) is 0 Å². The third-order valence-corrected chi connectivity index (χ3v) is 6.90. The molecule has 1 N–H and O–H groups in total. The molecule has 2 aliphatic rings. The molecular formula is C13H13N3O2S3. The van der Waals surface area contributed by atoms with Crippen molar-refractivity contribution in [1.29, 1.82) is 0 Å². The molecule has 1 aromatic carbocycles. The third-order valence-electron chi connectivity index (χ3n) is 3.94. The second-order valence-electron chi connectivity index (χ2n) is 5.46. The second-order valence-corrected chi connectivity index (χ2v) is 9.23. The summed E-state index contributed by atoms with van der Waals surface area (Å²) in [5.74, 6) is 0.320. The van der Waals surface area contributed by atoms with Crippen LogP contribution in [-0.4, -0.2) is 42.1 Å². The molecule has 0 saturated carbocycles. The molecule has 4 rings (SSSR count). The van der Waals surface area contributed by atoms with Crippen molar-refractivity contribution in [3.8, 4) is 0 Å². The molecule has 2 atom stereocenters. The number of aryl methyl sites for hydroxylation is 1. The first-order valence-corrected chi connectivity index (χ1v) is 9.65. The molecule has 1 aromatic heterocycles. The van der Waals surface area contributed by atoms with Crippen LogP contribution in [-0.2, 0) is 9.84 Å². The lowest BCUT2D eigenvalue weighted by molar-refractivity contribution is 0.600. The molecule has 0 bridgehead atoms. The average molecular weight is 339 g/mol. The molecule has 2 aromatic rings. The normalized spacial score (nSPS) is 27.1. The lowest BCUT2D eigenvalue weighted by Crippen LogP contribution is -2.36. The molecule has 8 heteroatoms. The van der Waals surface area contributed by atoms with Crippen molar-refractivity contribution in [1.82, 2.24) is 10.3 Å². The molecule has 2 aliphatic heterocycles. The van der Waals surface area contributed by atoms with Gasteiger partial charge in [-0.25, -0.2) is 13.4 Å². The van der Waals surface area contributed by atoms with Gasteiger partial charge in [0.05, 0.1) is 38.8 Å². The highest BCUT2D eigenvalue weighted by Crippen LogP contribution is 2.33. The van der Waals surface area contributed by atoms with E-state index >= 15 is 0 Å². The molecule has 0 unspecified atom stereocenters. The molecular weight excluding hydrogens is 326 g/mol. The van der Waals surface area contributed by atoms with E-state index in [9.17, 15) is 8.42 Å². The van der Waals surface area contributed by atoms with E-state index in [1.165, 1.54) is 0 Å². The predicted octanol–water partition coefficient (Wildman–Crippen LogP) is 1.46. The summed E-state index contributed by atoms with van der Waals surface area (Å²) >= 11 is 7.02. The maximum absolute atomic E-state index is 11.8. The van der Waals surface area contributed by atoms with E-state index in [0.717, 1.165) is 20.9 Å².